The maximum atomic E-state index is 10.1. The standard InChI is InChI=1S/C16H19NO2/c1-2-19-15-8-6-14(7-9-15)16(18)10-5-13-4-3-11-17-12-13/h3-4,6-9,11-12,16,18H,2,5,10H2,1H3. The van der Waals surface area contributed by atoms with Gasteiger partial charge in [0.1, 0.15) is 5.75 Å². The SMILES string of the molecule is CCOc1ccc(C(O)CCc2cccnc2)cc1. The molecular formula is C16H19NO2. The third kappa shape index (κ3) is 4.07. The van der Waals surface area contributed by atoms with E-state index in [9.17, 15) is 5.11 Å². The first kappa shape index (κ1) is 13.6. The largest absolute Gasteiger partial charge is 0.494 e. The van der Waals surface area contributed by atoms with Crippen molar-refractivity contribution in [3.63, 3.8) is 0 Å². The molecule has 0 aliphatic heterocycles. The Labute approximate surface area is 113 Å². The number of aryl methyl sites for hydroxylation is 1. The summed E-state index contributed by atoms with van der Waals surface area (Å²) >= 11 is 0. The molecule has 1 N–H and O–H groups in total. The summed E-state index contributed by atoms with van der Waals surface area (Å²) in [7, 11) is 0. The molecule has 19 heavy (non-hydrogen) atoms. The second-order valence-corrected chi connectivity index (χ2v) is 4.42. The Morgan fingerprint density at radius 3 is 2.63 bits per heavy atom. The summed E-state index contributed by atoms with van der Waals surface area (Å²) in [4.78, 5) is 4.07. The van der Waals surface area contributed by atoms with Crippen molar-refractivity contribution in [1.82, 2.24) is 4.98 Å². The Balaban J connectivity index is 1.90. The van der Waals surface area contributed by atoms with Crippen LogP contribution in [-0.2, 0) is 6.42 Å². The van der Waals surface area contributed by atoms with Crippen LogP contribution < -0.4 is 4.74 Å². The Morgan fingerprint density at radius 1 is 1.21 bits per heavy atom. The molecule has 0 aliphatic rings. The Hall–Kier alpha value is -1.87. The first-order valence-electron chi connectivity index (χ1n) is 6.59. The molecule has 2 rings (SSSR count). The zero-order valence-corrected chi connectivity index (χ0v) is 11.1. The lowest BCUT2D eigenvalue weighted by atomic mass is 10.0. The summed E-state index contributed by atoms with van der Waals surface area (Å²) in [5.41, 5.74) is 2.07. The van der Waals surface area contributed by atoms with E-state index in [0.717, 1.165) is 23.3 Å². The van der Waals surface area contributed by atoms with Crippen molar-refractivity contribution in [1.29, 1.82) is 0 Å². The van der Waals surface area contributed by atoms with Gasteiger partial charge in [-0.3, -0.25) is 4.98 Å². The normalized spacial score (nSPS) is 12.1. The van der Waals surface area contributed by atoms with Gasteiger partial charge in [0.25, 0.3) is 0 Å². The highest BCUT2D eigenvalue weighted by atomic mass is 16.5. The summed E-state index contributed by atoms with van der Waals surface area (Å²) in [5.74, 6) is 0.839. The zero-order chi connectivity index (χ0) is 13.5. The average molecular weight is 257 g/mol. The van der Waals surface area contributed by atoms with Crippen molar-refractivity contribution in [3.05, 3.63) is 59.9 Å². The number of aliphatic hydroxyl groups is 1. The monoisotopic (exact) mass is 257 g/mol. The van der Waals surface area contributed by atoms with Gasteiger partial charge in [0, 0.05) is 12.4 Å². The van der Waals surface area contributed by atoms with Gasteiger partial charge in [0.2, 0.25) is 0 Å². The van der Waals surface area contributed by atoms with Crippen LogP contribution in [0.2, 0.25) is 0 Å². The van der Waals surface area contributed by atoms with Crippen LogP contribution in [0.3, 0.4) is 0 Å². The third-order valence-corrected chi connectivity index (χ3v) is 3.01. The van der Waals surface area contributed by atoms with Crippen molar-refractivity contribution >= 4 is 0 Å². The third-order valence-electron chi connectivity index (χ3n) is 3.01. The number of pyridine rings is 1. The fourth-order valence-electron chi connectivity index (χ4n) is 1.97. The predicted octanol–water partition coefficient (Wildman–Crippen LogP) is 3.15. The lowest BCUT2D eigenvalue weighted by Gasteiger charge is -2.11. The van der Waals surface area contributed by atoms with Gasteiger partial charge in [-0.25, -0.2) is 0 Å². The number of ether oxygens (including phenoxy) is 1. The van der Waals surface area contributed by atoms with E-state index < -0.39 is 6.10 Å². The molecule has 3 nitrogen and oxygen atoms in total. The average Bonchev–Trinajstić information content (AvgIpc) is 2.47. The fourth-order valence-corrected chi connectivity index (χ4v) is 1.97. The molecule has 0 saturated heterocycles. The van der Waals surface area contributed by atoms with E-state index in [2.05, 4.69) is 4.98 Å². The lowest BCUT2D eigenvalue weighted by Crippen LogP contribution is -2.00. The van der Waals surface area contributed by atoms with E-state index in [1.807, 2.05) is 49.5 Å². The van der Waals surface area contributed by atoms with E-state index in [-0.39, 0.29) is 0 Å². The maximum absolute atomic E-state index is 10.1. The van der Waals surface area contributed by atoms with E-state index in [4.69, 9.17) is 4.74 Å². The van der Waals surface area contributed by atoms with Crippen LogP contribution in [-0.4, -0.2) is 16.7 Å². The highest BCUT2D eigenvalue weighted by Crippen LogP contribution is 2.21. The fraction of sp³-hybridized carbons (Fsp3) is 0.312. The summed E-state index contributed by atoms with van der Waals surface area (Å²) < 4.78 is 5.38. The van der Waals surface area contributed by atoms with Crippen LogP contribution in [0.1, 0.15) is 30.6 Å². The minimum atomic E-state index is -0.448. The van der Waals surface area contributed by atoms with Gasteiger partial charge in [-0.15, -0.1) is 0 Å². The van der Waals surface area contributed by atoms with E-state index in [1.54, 1.807) is 6.20 Å². The van der Waals surface area contributed by atoms with Crippen LogP contribution in [0.15, 0.2) is 48.8 Å². The minimum absolute atomic E-state index is 0.448. The van der Waals surface area contributed by atoms with Gasteiger partial charge >= 0.3 is 0 Å². The molecule has 0 aliphatic carbocycles. The molecule has 1 aromatic carbocycles. The summed E-state index contributed by atoms with van der Waals surface area (Å²) in [6, 6.07) is 11.6. The molecule has 0 fully saturated rings. The van der Waals surface area contributed by atoms with E-state index in [1.165, 1.54) is 0 Å². The molecule has 0 amide bonds. The number of aromatic nitrogens is 1. The molecular weight excluding hydrogens is 238 g/mol. The van der Waals surface area contributed by atoms with Gasteiger partial charge in [0.05, 0.1) is 12.7 Å². The van der Waals surface area contributed by atoms with Crippen LogP contribution in [0, 0.1) is 0 Å². The number of rotatable bonds is 6. The van der Waals surface area contributed by atoms with E-state index in [0.29, 0.717) is 13.0 Å². The summed E-state index contributed by atoms with van der Waals surface area (Å²) in [6.07, 6.45) is 4.66. The first-order chi connectivity index (χ1) is 9.29. The van der Waals surface area contributed by atoms with Gasteiger partial charge in [-0.2, -0.15) is 0 Å². The van der Waals surface area contributed by atoms with Gasteiger partial charge in [-0.1, -0.05) is 18.2 Å². The Bertz CT molecular complexity index is 482. The number of hydrogen-bond acceptors (Lipinski definition) is 3. The van der Waals surface area contributed by atoms with Crippen molar-refractivity contribution in [3.8, 4) is 5.75 Å². The van der Waals surface area contributed by atoms with E-state index >= 15 is 0 Å². The van der Waals surface area contributed by atoms with Gasteiger partial charge < -0.3 is 9.84 Å². The van der Waals surface area contributed by atoms with Crippen molar-refractivity contribution in [2.45, 2.75) is 25.9 Å². The smallest absolute Gasteiger partial charge is 0.119 e. The molecule has 0 spiro atoms. The van der Waals surface area contributed by atoms with Crippen LogP contribution in [0.4, 0.5) is 0 Å². The summed E-state index contributed by atoms with van der Waals surface area (Å²) in [6.45, 7) is 2.61. The molecule has 0 saturated carbocycles. The number of aliphatic hydroxyl groups excluding tert-OH is 1. The quantitative estimate of drug-likeness (QED) is 0.864. The molecule has 1 heterocycles. The van der Waals surface area contributed by atoms with Crippen LogP contribution in [0.5, 0.6) is 5.75 Å². The minimum Gasteiger partial charge on any atom is -0.494 e. The molecule has 1 unspecified atom stereocenters. The molecule has 0 bridgehead atoms. The lowest BCUT2D eigenvalue weighted by molar-refractivity contribution is 0.167. The Kier molecular flexibility index (Phi) is 4.93. The second-order valence-electron chi connectivity index (χ2n) is 4.42. The van der Waals surface area contributed by atoms with Crippen molar-refractivity contribution < 1.29 is 9.84 Å². The van der Waals surface area contributed by atoms with Crippen molar-refractivity contribution in [2.24, 2.45) is 0 Å². The van der Waals surface area contributed by atoms with Crippen LogP contribution in [0.25, 0.3) is 0 Å². The van der Waals surface area contributed by atoms with Crippen molar-refractivity contribution in [2.75, 3.05) is 6.61 Å². The molecule has 0 radical (unpaired) electrons. The maximum Gasteiger partial charge on any atom is 0.119 e. The number of hydrogen-bond donors (Lipinski definition) is 1. The predicted molar refractivity (Wildman–Crippen MR) is 75.1 cm³/mol. The topological polar surface area (TPSA) is 42.4 Å². The number of benzene rings is 1. The molecule has 3 heteroatoms. The first-order valence-corrected chi connectivity index (χ1v) is 6.59. The zero-order valence-electron chi connectivity index (χ0n) is 11.1. The molecule has 1 atom stereocenters. The highest BCUT2D eigenvalue weighted by molar-refractivity contribution is 5.28. The Morgan fingerprint density at radius 2 is 2.00 bits per heavy atom. The van der Waals surface area contributed by atoms with Crippen LogP contribution >= 0.6 is 0 Å². The number of nitrogens with zero attached hydrogens (tertiary/aromatic N) is 1. The van der Waals surface area contributed by atoms with Gasteiger partial charge in [-0.05, 0) is 49.1 Å². The highest BCUT2D eigenvalue weighted by Gasteiger charge is 2.08. The summed E-state index contributed by atoms with van der Waals surface area (Å²) in [5, 5.41) is 10.1. The molecule has 1 aromatic heterocycles. The molecule has 100 valence electrons. The second kappa shape index (κ2) is 6.90. The van der Waals surface area contributed by atoms with Gasteiger partial charge in [0.15, 0.2) is 0 Å². The molecule has 2 aromatic rings.